The highest BCUT2D eigenvalue weighted by atomic mass is 16.5. The van der Waals surface area contributed by atoms with Gasteiger partial charge >= 0.3 is 0 Å². The monoisotopic (exact) mass is 1010 g/mol. The first kappa shape index (κ1) is 57.2. The second-order valence-electron chi connectivity index (χ2n) is 19.7. The molecule has 0 saturated carbocycles. The van der Waals surface area contributed by atoms with Gasteiger partial charge in [-0.1, -0.05) is 196 Å². The molecule has 0 radical (unpaired) electrons. The van der Waals surface area contributed by atoms with Crippen molar-refractivity contribution in [2.75, 3.05) is 13.2 Å². The fourth-order valence-corrected chi connectivity index (χ4v) is 8.67. The van der Waals surface area contributed by atoms with Gasteiger partial charge in [-0.05, 0) is 119 Å². The van der Waals surface area contributed by atoms with E-state index in [2.05, 4.69) is 38.1 Å². The van der Waals surface area contributed by atoms with E-state index in [1.54, 1.807) is 0 Å². The lowest BCUT2D eigenvalue weighted by Crippen LogP contribution is -2.03. The van der Waals surface area contributed by atoms with Gasteiger partial charge in [-0.25, -0.2) is 0 Å². The van der Waals surface area contributed by atoms with Crippen LogP contribution in [-0.4, -0.2) is 18.3 Å². The maximum Gasteiger partial charge on any atom is 0.162 e. The van der Waals surface area contributed by atoms with Gasteiger partial charge in [0.1, 0.15) is 61.8 Å². The first-order valence-corrected chi connectivity index (χ1v) is 28.1. The molecule has 0 aliphatic rings. The molecule has 0 unspecified atom stereocenters. The van der Waals surface area contributed by atoms with Crippen LogP contribution in [0.25, 0.3) is 0 Å². The van der Waals surface area contributed by atoms with Crippen LogP contribution in [0, 0.1) is 0 Å². The van der Waals surface area contributed by atoms with Crippen LogP contribution < -0.4 is 33.2 Å². The SMILES string of the molecule is CCCCCCCCCCCCOc1ccc(COc2ccc(COc3ccc(COc4ccc(COc5ccc(CO)cc5)cc4)cc3)cc2OCc2ccc(OCCCCCCCCCCCC)cc2)cc1. The smallest absolute Gasteiger partial charge is 0.162 e. The Morgan fingerprint density at radius 2 is 0.527 bits per heavy atom. The molecular weight excluding hydrogens is 921 g/mol. The van der Waals surface area contributed by atoms with Crippen LogP contribution in [0.2, 0.25) is 0 Å². The van der Waals surface area contributed by atoms with Crippen LogP contribution in [0.5, 0.6) is 40.2 Å². The average molecular weight is 1010 g/mol. The zero-order chi connectivity index (χ0) is 51.5. The molecule has 0 aromatic heterocycles. The number of ether oxygens (including phenoxy) is 7. The summed E-state index contributed by atoms with van der Waals surface area (Å²) in [7, 11) is 0. The Bertz CT molecular complexity index is 2340. The molecule has 0 aliphatic carbocycles. The Morgan fingerprint density at radius 1 is 0.257 bits per heavy atom. The van der Waals surface area contributed by atoms with E-state index in [0.29, 0.717) is 44.5 Å². The normalized spacial score (nSPS) is 11.1. The summed E-state index contributed by atoms with van der Waals surface area (Å²) in [4.78, 5) is 0. The second-order valence-corrected chi connectivity index (χ2v) is 19.7. The van der Waals surface area contributed by atoms with E-state index < -0.39 is 0 Å². The molecule has 0 atom stereocenters. The van der Waals surface area contributed by atoms with Crippen LogP contribution in [-0.2, 0) is 39.6 Å². The van der Waals surface area contributed by atoms with E-state index >= 15 is 0 Å². The molecule has 398 valence electrons. The number of hydrogen-bond donors (Lipinski definition) is 1. The number of benzene rings is 6. The molecule has 6 aromatic rings. The predicted octanol–water partition coefficient (Wildman–Crippen LogP) is 17.7. The summed E-state index contributed by atoms with van der Waals surface area (Å²) in [6.45, 7) is 8.08. The van der Waals surface area contributed by atoms with Crippen LogP contribution in [0.1, 0.15) is 176 Å². The topological polar surface area (TPSA) is 84.8 Å². The van der Waals surface area contributed by atoms with Crippen molar-refractivity contribution >= 4 is 0 Å². The molecule has 6 rings (SSSR count). The summed E-state index contributed by atoms with van der Waals surface area (Å²) < 4.78 is 43.3. The predicted molar refractivity (Wildman–Crippen MR) is 301 cm³/mol. The molecule has 0 fully saturated rings. The molecule has 6 aromatic carbocycles. The van der Waals surface area contributed by atoms with Gasteiger partial charge in [-0.2, -0.15) is 0 Å². The van der Waals surface area contributed by atoms with Gasteiger partial charge in [-0.3, -0.25) is 0 Å². The highest BCUT2D eigenvalue weighted by Gasteiger charge is 2.11. The molecule has 74 heavy (non-hydrogen) atoms. The van der Waals surface area contributed by atoms with E-state index in [1.165, 1.54) is 116 Å². The Kier molecular flexibility index (Phi) is 27.1. The summed E-state index contributed by atoms with van der Waals surface area (Å²) in [5, 5.41) is 9.27. The van der Waals surface area contributed by atoms with Gasteiger partial charge in [0.15, 0.2) is 11.5 Å². The van der Waals surface area contributed by atoms with Crippen molar-refractivity contribution in [3.05, 3.63) is 173 Å². The summed E-state index contributed by atoms with van der Waals surface area (Å²) >= 11 is 0. The first-order chi connectivity index (χ1) is 36.6. The third-order valence-corrected chi connectivity index (χ3v) is 13.3. The van der Waals surface area contributed by atoms with Gasteiger partial charge in [0.2, 0.25) is 0 Å². The first-order valence-electron chi connectivity index (χ1n) is 28.1. The van der Waals surface area contributed by atoms with Gasteiger partial charge in [-0.15, -0.1) is 0 Å². The van der Waals surface area contributed by atoms with E-state index in [9.17, 15) is 5.11 Å². The minimum atomic E-state index is 0.0181. The van der Waals surface area contributed by atoms with Crippen molar-refractivity contribution in [2.24, 2.45) is 0 Å². The van der Waals surface area contributed by atoms with Crippen molar-refractivity contribution in [3.8, 4) is 40.2 Å². The van der Waals surface area contributed by atoms with Crippen molar-refractivity contribution in [1.82, 2.24) is 0 Å². The molecule has 0 amide bonds. The molecule has 0 heterocycles. The number of unbranched alkanes of at least 4 members (excludes halogenated alkanes) is 18. The van der Waals surface area contributed by atoms with Crippen molar-refractivity contribution in [1.29, 1.82) is 0 Å². The molecule has 0 bridgehead atoms. The number of aliphatic hydroxyl groups is 1. The standard InChI is InChI=1S/C66H86O8/c1-3-5-7-9-11-13-15-17-19-21-45-68-60-36-25-57(26-37-60)51-73-65-44-33-59(47-66(65)74-52-58-27-38-61(39-28-58)69-46-22-20-18-16-14-12-10-8-6-4-2)53-72-64-42-31-56(32-43-64)50-71-63-40-29-55(30-41-63)49-70-62-34-23-54(48-67)24-35-62/h23-44,47,67H,3-22,45-46,48-53H2,1-2H3. The lowest BCUT2D eigenvalue weighted by molar-refractivity contribution is 0.253. The Balaban J connectivity index is 0.958. The summed E-state index contributed by atoms with van der Waals surface area (Å²) in [6, 6.07) is 45.8. The highest BCUT2D eigenvalue weighted by molar-refractivity contribution is 5.44. The van der Waals surface area contributed by atoms with Crippen LogP contribution in [0.4, 0.5) is 0 Å². The maximum atomic E-state index is 9.27. The van der Waals surface area contributed by atoms with Gasteiger partial charge in [0.05, 0.1) is 19.8 Å². The number of rotatable bonds is 40. The lowest BCUT2D eigenvalue weighted by atomic mass is 10.1. The average Bonchev–Trinajstić information content (AvgIpc) is 3.44. The van der Waals surface area contributed by atoms with Gasteiger partial charge in [0, 0.05) is 0 Å². The quantitative estimate of drug-likeness (QED) is 0.0381. The van der Waals surface area contributed by atoms with Gasteiger partial charge < -0.3 is 38.3 Å². The van der Waals surface area contributed by atoms with Crippen molar-refractivity contribution < 1.29 is 38.3 Å². The van der Waals surface area contributed by atoms with E-state index in [4.69, 9.17) is 33.2 Å². The largest absolute Gasteiger partial charge is 0.494 e. The summed E-state index contributed by atoms with van der Waals surface area (Å²) in [5.41, 5.74) is 6.00. The molecule has 1 N–H and O–H groups in total. The van der Waals surface area contributed by atoms with Crippen LogP contribution >= 0.6 is 0 Å². The molecule has 0 aliphatic heterocycles. The Hall–Kier alpha value is -6.12. The molecule has 0 spiro atoms. The molecule has 0 saturated heterocycles. The minimum absolute atomic E-state index is 0.0181. The fourth-order valence-electron chi connectivity index (χ4n) is 8.67. The minimum Gasteiger partial charge on any atom is -0.494 e. The number of hydrogen-bond acceptors (Lipinski definition) is 8. The van der Waals surface area contributed by atoms with Crippen LogP contribution in [0.3, 0.4) is 0 Å². The van der Waals surface area contributed by atoms with E-state index in [1.807, 2.05) is 115 Å². The third-order valence-electron chi connectivity index (χ3n) is 13.3. The van der Waals surface area contributed by atoms with E-state index in [-0.39, 0.29) is 6.61 Å². The molecular formula is C66H86O8. The summed E-state index contributed by atoms with van der Waals surface area (Å²) in [6.07, 6.45) is 26.2. The van der Waals surface area contributed by atoms with Crippen molar-refractivity contribution in [3.63, 3.8) is 0 Å². The molecule has 8 heteroatoms. The Morgan fingerprint density at radius 3 is 0.878 bits per heavy atom. The van der Waals surface area contributed by atoms with Crippen molar-refractivity contribution in [2.45, 2.75) is 182 Å². The Labute approximate surface area is 444 Å². The fraction of sp³-hybridized carbons (Fsp3) is 0.455. The van der Waals surface area contributed by atoms with Gasteiger partial charge in [0.25, 0.3) is 0 Å². The second kappa shape index (κ2) is 35.1. The third kappa shape index (κ3) is 23.0. The van der Waals surface area contributed by atoms with Crippen LogP contribution in [0.15, 0.2) is 140 Å². The highest BCUT2D eigenvalue weighted by Crippen LogP contribution is 2.32. The molecule has 8 nitrogen and oxygen atoms in total. The zero-order valence-electron chi connectivity index (χ0n) is 44.9. The summed E-state index contributed by atoms with van der Waals surface area (Å²) in [5.74, 6) is 5.42. The maximum absolute atomic E-state index is 9.27. The zero-order valence-corrected chi connectivity index (χ0v) is 44.9. The van der Waals surface area contributed by atoms with E-state index in [0.717, 1.165) is 88.2 Å². The lowest BCUT2D eigenvalue weighted by Gasteiger charge is -2.16. The number of aliphatic hydroxyl groups excluding tert-OH is 1.